The van der Waals surface area contributed by atoms with Crippen molar-refractivity contribution in [3.63, 3.8) is 0 Å². The minimum absolute atomic E-state index is 0.132. The molecule has 2 heterocycles. The first-order valence-electron chi connectivity index (χ1n) is 9.05. The van der Waals surface area contributed by atoms with E-state index in [2.05, 4.69) is 15.2 Å². The molecule has 150 valence electrons. The maximum atomic E-state index is 13.0. The number of aromatic nitrogens is 1. The van der Waals surface area contributed by atoms with Crippen LogP contribution in [0.15, 0.2) is 47.6 Å². The Morgan fingerprint density at radius 1 is 1.21 bits per heavy atom. The molecule has 0 radical (unpaired) electrons. The van der Waals surface area contributed by atoms with Crippen molar-refractivity contribution in [2.45, 2.75) is 24.8 Å². The maximum absolute atomic E-state index is 13.0. The van der Waals surface area contributed by atoms with Crippen LogP contribution in [-0.4, -0.2) is 54.7 Å². The third-order valence-corrected chi connectivity index (χ3v) is 6.77. The molecule has 1 aliphatic heterocycles. The number of pyridine rings is 1. The fourth-order valence-electron chi connectivity index (χ4n) is 3.19. The van der Waals surface area contributed by atoms with Gasteiger partial charge in [-0.05, 0) is 42.8 Å². The highest BCUT2D eigenvalue weighted by Gasteiger charge is 2.27. The smallest absolute Gasteiger partial charge is 0.243 e. The monoisotopic (exact) mass is 422 g/mol. The lowest BCUT2D eigenvalue weighted by Crippen LogP contribution is -2.35. The number of amides is 1. The van der Waals surface area contributed by atoms with Crippen molar-refractivity contribution in [1.29, 1.82) is 0 Å². The first-order valence-corrected chi connectivity index (χ1v) is 10.9. The highest BCUT2D eigenvalue weighted by molar-refractivity contribution is 7.89. The molecule has 0 spiro atoms. The van der Waals surface area contributed by atoms with Gasteiger partial charge in [-0.2, -0.15) is 4.31 Å². The van der Waals surface area contributed by atoms with Crippen molar-refractivity contribution < 1.29 is 13.2 Å². The van der Waals surface area contributed by atoms with Gasteiger partial charge in [-0.1, -0.05) is 17.7 Å². The van der Waals surface area contributed by atoms with Crippen molar-refractivity contribution in [2.75, 3.05) is 31.5 Å². The van der Waals surface area contributed by atoms with Crippen molar-refractivity contribution >= 4 is 33.2 Å². The number of hydrogen-bond acceptors (Lipinski definition) is 5. The molecule has 7 nitrogen and oxygen atoms in total. The van der Waals surface area contributed by atoms with Gasteiger partial charge in [0.2, 0.25) is 15.9 Å². The third-order valence-electron chi connectivity index (χ3n) is 4.57. The van der Waals surface area contributed by atoms with Gasteiger partial charge in [0.15, 0.2) is 0 Å². The van der Waals surface area contributed by atoms with Gasteiger partial charge in [-0.25, -0.2) is 8.42 Å². The summed E-state index contributed by atoms with van der Waals surface area (Å²) < 4.78 is 27.6. The van der Waals surface area contributed by atoms with Crippen molar-refractivity contribution in [3.8, 4) is 0 Å². The molecule has 0 atom stereocenters. The van der Waals surface area contributed by atoms with Crippen LogP contribution in [-0.2, 0) is 21.4 Å². The van der Waals surface area contributed by atoms with Crippen LogP contribution in [0.5, 0.6) is 0 Å². The number of sulfonamides is 1. The van der Waals surface area contributed by atoms with E-state index < -0.39 is 10.0 Å². The van der Waals surface area contributed by atoms with Crippen LogP contribution in [0.3, 0.4) is 0 Å². The van der Waals surface area contributed by atoms with Gasteiger partial charge in [0.25, 0.3) is 0 Å². The van der Waals surface area contributed by atoms with Crippen molar-refractivity contribution in [3.05, 3.63) is 53.3 Å². The van der Waals surface area contributed by atoms with E-state index in [0.29, 0.717) is 25.3 Å². The Labute approximate surface area is 170 Å². The molecule has 0 aliphatic carbocycles. The molecule has 0 saturated carbocycles. The van der Waals surface area contributed by atoms with E-state index in [9.17, 15) is 13.2 Å². The van der Waals surface area contributed by atoms with E-state index >= 15 is 0 Å². The minimum Gasteiger partial charge on any atom is -0.325 e. The Balaban J connectivity index is 1.70. The van der Waals surface area contributed by atoms with Crippen LogP contribution < -0.4 is 5.32 Å². The SMILES string of the molecule is CC(=O)Nc1ccc(S(=O)(=O)N2CCCN(Cc3cccnc3)CC2)cc1Cl. The summed E-state index contributed by atoms with van der Waals surface area (Å²) in [6.07, 6.45) is 4.32. The van der Waals surface area contributed by atoms with Crippen molar-refractivity contribution in [2.24, 2.45) is 0 Å². The van der Waals surface area contributed by atoms with Crippen LogP contribution in [0.2, 0.25) is 5.02 Å². The zero-order chi connectivity index (χ0) is 20.1. The second-order valence-electron chi connectivity index (χ2n) is 6.72. The van der Waals surface area contributed by atoms with Gasteiger partial charge in [0.05, 0.1) is 15.6 Å². The van der Waals surface area contributed by atoms with Crippen LogP contribution >= 0.6 is 11.6 Å². The minimum atomic E-state index is -3.65. The summed E-state index contributed by atoms with van der Waals surface area (Å²) in [4.78, 5) is 17.7. The maximum Gasteiger partial charge on any atom is 0.243 e. The summed E-state index contributed by atoms with van der Waals surface area (Å²) in [6, 6.07) is 8.30. The van der Waals surface area contributed by atoms with E-state index in [-0.39, 0.29) is 15.8 Å². The lowest BCUT2D eigenvalue weighted by Gasteiger charge is -2.22. The summed E-state index contributed by atoms with van der Waals surface area (Å²) in [5.41, 5.74) is 1.51. The number of rotatable bonds is 5. The Morgan fingerprint density at radius 2 is 2.04 bits per heavy atom. The number of carbonyl (C=O) groups is 1. The molecular formula is C19H23ClN4O3S. The molecule has 0 bridgehead atoms. The molecular weight excluding hydrogens is 400 g/mol. The molecule has 3 rings (SSSR count). The van der Waals surface area contributed by atoms with Crippen LogP contribution in [0.25, 0.3) is 0 Å². The van der Waals surface area contributed by atoms with Crippen molar-refractivity contribution in [1.82, 2.24) is 14.2 Å². The Hall–Kier alpha value is -2.00. The predicted octanol–water partition coefficient (Wildman–Crippen LogP) is 2.59. The molecule has 9 heteroatoms. The molecule has 28 heavy (non-hydrogen) atoms. The normalized spacial score (nSPS) is 16.5. The zero-order valence-electron chi connectivity index (χ0n) is 15.6. The van der Waals surface area contributed by atoms with E-state index in [4.69, 9.17) is 11.6 Å². The van der Waals surface area contributed by atoms with Gasteiger partial charge in [0, 0.05) is 45.5 Å². The number of carbonyl (C=O) groups excluding carboxylic acids is 1. The second kappa shape index (κ2) is 9.00. The molecule has 1 aromatic carbocycles. The quantitative estimate of drug-likeness (QED) is 0.800. The van der Waals surface area contributed by atoms with Gasteiger partial charge >= 0.3 is 0 Å². The topological polar surface area (TPSA) is 82.6 Å². The predicted molar refractivity (Wildman–Crippen MR) is 109 cm³/mol. The Bertz CT molecular complexity index is 937. The van der Waals surface area contributed by atoms with E-state index in [0.717, 1.165) is 25.1 Å². The van der Waals surface area contributed by atoms with E-state index in [1.54, 1.807) is 6.20 Å². The fourth-order valence-corrected chi connectivity index (χ4v) is 4.98. The van der Waals surface area contributed by atoms with Gasteiger partial charge in [0.1, 0.15) is 0 Å². The number of nitrogens with one attached hydrogen (secondary N) is 1. The lowest BCUT2D eigenvalue weighted by molar-refractivity contribution is -0.114. The number of benzene rings is 1. The van der Waals surface area contributed by atoms with Crippen LogP contribution in [0.4, 0.5) is 5.69 Å². The van der Waals surface area contributed by atoms with Gasteiger partial charge in [-0.3, -0.25) is 14.7 Å². The molecule has 1 saturated heterocycles. The molecule has 1 amide bonds. The summed E-state index contributed by atoms with van der Waals surface area (Å²) in [7, 11) is -3.65. The summed E-state index contributed by atoms with van der Waals surface area (Å²) in [5.74, 6) is -0.265. The standard InChI is InChI=1S/C19H23ClN4O3S/c1-15(25)22-19-6-5-17(12-18(19)20)28(26,27)24-9-3-8-23(10-11-24)14-16-4-2-7-21-13-16/h2,4-7,12-13H,3,8-11,14H2,1H3,(H,22,25). The zero-order valence-corrected chi connectivity index (χ0v) is 17.2. The molecule has 2 aromatic rings. The first-order chi connectivity index (χ1) is 13.4. The second-order valence-corrected chi connectivity index (χ2v) is 9.06. The highest BCUT2D eigenvalue weighted by Crippen LogP contribution is 2.27. The number of hydrogen-bond donors (Lipinski definition) is 1. The highest BCUT2D eigenvalue weighted by atomic mass is 35.5. The van der Waals surface area contributed by atoms with E-state index in [1.807, 2.05) is 18.3 Å². The lowest BCUT2D eigenvalue weighted by atomic mass is 10.2. The summed E-state index contributed by atoms with van der Waals surface area (Å²) >= 11 is 6.15. The molecule has 1 aliphatic rings. The molecule has 1 aromatic heterocycles. The first kappa shape index (κ1) is 20.7. The number of anilines is 1. The summed E-state index contributed by atoms with van der Waals surface area (Å²) in [6.45, 7) is 4.45. The summed E-state index contributed by atoms with van der Waals surface area (Å²) in [5, 5.41) is 2.78. The Morgan fingerprint density at radius 3 is 2.71 bits per heavy atom. The Kier molecular flexibility index (Phi) is 6.66. The average molecular weight is 423 g/mol. The number of nitrogens with zero attached hydrogens (tertiary/aromatic N) is 3. The third kappa shape index (κ3) is 5.08. The average Bonchev–Trinajstić information content (AvgIpc) is 2.90. The molecule has 1 fully saturated rings. The molecule has 0 unspecified atom stereocenters. The van der Waals surface area contributed by atoms with E-state index in [1.165, 1.54) is 29.4 Å². The van der Waals surface area contributed by atoms with Gasteiger partial charge < -0.3 is 5.32 Å². The van der Waals surface area contributed by atoms with Gasteiger partial charge in [-0.15, -0.1) is 0 Å². The fraction of sp³-hybridized carbons (Fsp3) is 0.368. The van der Waals surface area contributed by atoms with Crippen LogP contribution in [0, 0.1) is 0 Å². The van der Waals surface area contributed by atoms with Crippen LogP contribution in [0.1, 0.15) is 18.9 Å². The number of halogens is 1. The molecule has 1 N–H and O–H groups in total. The largest absolute Gasteiger partial charge is 0.325 e.